The maximum absolute atomic E-state index is 11.9. The molecular weight excluding hydrogens is 315 g/mol. The van der Waals surface area contributed by atoms with Crippen molar-refractivity contribution in [2.75, 3.05) is 18.1 Å². The number of halogens is 3. The van der Waals surface area contributed by atoms with Gasteiger partial charge in [-0.2, -0.15) is 24.9 Å². The first kappa shape index (κ1) is 19.6. The lowest BCUT2D eigenvalue weighted by Crippen LogP contribution is -2.34. The molecule has 1 aliphatic carbocycles. The predicted molar refractivity (Wildman–Crippen MR) is 82.7 cm³/mol. The number of rotatable bonds is 9. The van der Waals surface area contributed by atoms with Gasteiger partial charge in [-0.3, -0.25) is 4.79 Å². The van der Waals surface area contributed by atoms with Gasteiger partial charge in [-0.15, -0.1) is 0 Å². The average molecular weight is 341 g/mol. The second-order valence-corrected chi connectivity index (χ2v) is 7.09. The van der Waals surface area contributed by atoms with Crippen LogP contribution in [0.5, 0.6) is 0 Å². The maximum Gasteiger partial charge on any atom is 0.389 e. The Labute approximate surface area is 134 Å². The first-order valence-corrected chi connectivity index (χ1v) is 9.10. The van der Waals surface area contributed by atoms with Crippen LogP contribution in [0.25, 0.3) is 0 Å². The van der Waals surface area contributed by atoms with Crippen LogP contribution in [0, 0.1) is 5.92 Å². The zero-order valence-electron chi connectivity index (χ0n) is 12.9. The molecule has 22 heavy (non-hydrogen) atoms. The van der Waals surface area contributed by atoms with Crippen LogP contribution < -0.4 is 5.73 Å². The van der Waals surface area contributed by atoms with Crippen LogP contribution in [0.3, 0.4) is 0 Å². The van der Waals surface area contributed by atoms with Gasteiger partial charge in [0.2, 0.25) is 0 Å². The van der Waals surface area contributed by atoms with Crippen LogP contribution >= 0.6 is 11.8 Å². The predicted octanol–water partition coefficient (Wildman–Crippen LogP) is 3.90. The number of ether oxygens (including phenoxy) is 1. The number of thioether (sulfide) groups is 1. The van der Waals surface area contributed by atoms with Gasteiger partial charge in [0.1, 0.15) is 6.04 Å². The van der Waals surface area contributed by atoms with Crippen molar-refractivity contribution in [3.05, 3.63) is 0 Å². The lowest BCUT2D eigenvalue weighted by Gasteiger charge is -2.22. The summed E-state index contributed by atoms with van der Waals surface area (Å²) in [6.07, 6.45) is 1.58. The van der Waals surface area contributed by atoms with Gasteiger partial charge in [0.05, 0.1) is 6.61 Å². The monoisotopic (exact) mass is 341 g/mol. The van der Waals surface area contributed by atoms with Crippen molar-refractivity contribution in [2.24, 2.45) is 11.7 Å². The van der Waals surface area contributed by atoms with Gasteiger partial charge in [0.15, 0.2) is 0 Å². The molecule has 2 N–H and O–H groups in total. The summed E-state index contributed by atoms with van der Waals surface area (Å²) in [6, 6.07) is -0.668. The average Bonchev–Trinajstić information content (AvgIpc) is 2.48. The molecule has 0 amide bonds. The smallest absolute Gasteiger partial charge is 0.389 e. The Kier molecular flexibility index (Phi) is 9.24. The highest BCUT2D eigenvalue weighted by Crippen LogP contribution is 2.24. The minimum absolute atomic E-state index is 0.107. The van der Waals surface area contributed by atoms with Crippen LogP contribution in [0.2, 0.25) is 0 Å². The molecule has 1 atom stereocenters. The van der Waals surface area contributed by atoms with E-state index in [9.17, 15) is 18.0 Å². The standard InChI is InChI=1S/C15H26F3NO2S/c16-15(17,18)8-4-9-22-10-7-13(19)14(20)21-11-12-5-2-1-3-6-12/h12-13H,1-11,19H2. The quantitative estimate of drug-likeness (QED) is 0.510. The summed E-state index contributed by atoms with van der Waals surface area (Å²) in [4.78, 5) is 11.7. The van der Waals surface area contributed by atoms with Crippen LogP contribution in [0.1, 0.15) is 51.4 Å². The van der Waals surface area contributed by atoms with E-state index in [2.05, 4.69) is 0 Å². The number of hydrogen-bond donors (Lipinski definition) is 1. The van der Waals surface area contributed by atoms with Crippen molar-refractivity contribution in [3.8, 4) is 0 Å². The first-order chi connectivity index (χ1) is 10.4. The van der Waals surface area contributed by atoms with Crippen LogP contribution in [0.15, 0.2) is 0 Å². The van der Waals surface area contributed by atoms with E-state index in [0.717, 1.165) is 12.8 Å². The highest BCUT2D eigenvalue weighted by molar-refractivity contribution is 7.99. The summed E-state index contributed by atoms with van der Waals surface area (Å²) < 4.78 is 41.1. The van der Waals surface area contributed by atoms with E-state index >= 15 is 0 Å². The van der Waals surface area contributed by atoms with Gasteiger partial charge in [-0.25, -0.2) is 0 Å². The molecule has 1 fully saturated rings. The third-order valence-electron chi connectivity index (χ3n) is 3.81. The Morgan fingerprint density at radius 3 is 2.55 bits per heavy atom. The molecule has 1 rings (SSSR count). The van der Waals surface area contributed by atoms with E-state index in [0.29, 0.717) is 30.5 Å². The van der Waals surface area contributed by atoms with Gasteiger partial charge in [0.25, 0.3) is 0 Å². The van der Waals surface area contributed by atoms with Crippen molar-refractivity contribution < 1.29 is 22.7 Å². The molecule has 0 aromatic carbocycles. The van der Waals surface area contributed by atoms with Gasteiger partial charge < -0.3 is 10.5 Å². The van der Waals surface area contributed by atoms with E-state index < -0.39 is 18.6 Å². The van der Waals surface area contributed by atoms with Crippen molar-refractivity contribution in [3.63, 3.8) is 0 Å². The molecule has 1 saturated carbocycles. The normalized spacial score (nSPS) is 18.2. The second-order valence-electron chi connectivity index (χ2n) is 5.86. The molecule has 0 aromatic rings. The van der Waals surface area contributed by atoms with E-state index in [1.54, 1.807) is 0 Å². The third-order valence-corrected chi connectivity index (χ3v) is 4.91. The van der Waals surface area contributed by atoms with Gasteiger partial charge in [-0.1, -0.05) is 19.3 Å². The molecule has 0 heterocycles. The molecule has 0 aromatic heterocycles. The summed E-state index contributed by atoms with van der Waals surface area (Å²) in [5.74, 6) is 1.09. The molecule has 3 nitrogen and oxygen atoms in total. The van der Waals surface area contributed by atoms with Crippen LogP contribution in [-0.2, 0) is 9.53 Å². The topological polar surface area (TPSA) is 52.3 Å². The number of nitrogens with two attached hydrogens (primary N) is 1. The van der Waals surface area contributed by atoms with Gasteiger partial charge >= 0.3 is 12.1 Å². The van der Waals surface area contributed by atoms with Crippen molar-refractivity contribution in [1.29, 1.82) is 0 Å². The molecule has 0 saturated heterocycles. The van der Waals surface area contributed by atoms with Crippen molar-refractivity contribution in [1.82, 2.24) is 0 Å². The summed E-state index contributed by atoms with van der Waals surface area (Å²) in [5.41, 5.74) is 5.75. The zero-order valence-corrected chi connectivity index (χ0v) is 13.7. The third kappa shape index (κ3) is 9.56. The number of esters is 1. The highest BCUT2D eigenvalue weighted by atomic mass is 32.2. The largest absolute Gasteiger partial charge is 0.464 e. The van der Waals surface area contributed by atoms with E-state index in [-0.39, 0.29) is 12.4 Å². The lowest BCUT2D eigenvalue weighted by molar-refractivity contribution is -0.147. The molecule has 0 radical (unpaired) electrons. The van der Waals surface area contributed by atoms with Gasteiger partial charge in [0, 0.05) is 6.42 Å². The Morgan fingerprint density at radius 1 is 1.23 bits per heavy atom. The summed E-state index contributed by atoms with van der Waals surface area (Å²) in [5, 5.41) is 0. The summed E-state index contributed by atoms with van der Waals surface area (Å²) in [6.45, 7) is 0.450. The number of hydrogen-bond acceptors (Lipinski definition) is 4. The number of carbonyl (C=O) groups is 1. The van der Waals surface area contributed by atoms with E-state index in [4.69, 9.17) is 10.5 Å². The zero-order chi connectivity index (χ0) is 16.4. The molecule has 1 aliphatic rings. The molecule has 7 heteroatoms. The second kappa shape index (κ2) is 10.4. The summed E-state index contributed by atoms with van der Waals surface area (Å²) >= 11 is 1.40. The SMILES string of the molecule is NC(CCSCCCC(F)(F)F)C(=O)OCC1CCCCC1. The molecule has 1 unspecified atom stereocenters. The Balaban J connectivity index is 2.01. The fraction of sp³-hybridized carbons (Fsp3) is 0.933. The Hall–Kier alpha value is -0.430. The maximum atomic E-state index is 11.9. The number of alkyl halides is 3. The highest BCUT2D eigenvalue weighted by Gasteiger charge is 2.26. The Morgan fingerprint density at radius 2 is 1.91 bits per heavy atom. The molecule has 0 spiro atoms. The van der Waals surface area contributed by atoms with Crippen LogP contribution in [-0.4, -0.2) is 36.3 Å². The van der Waals surface area contributed by atoms with Gasteiger partial charge in [-0.05, 0) is 43.1 Å². The molecular formula is C15H26F3NO2S. The molecule has 0 aliphatic heterocycles. The summed E-state index contributed by atoms with van der Waals surface area (Å²) in [7, 11) is 0. The van der Waals surface area contributed by atoms with Crippen LogP contribution in [0.4, 0.5) is 13.2 Å². The molecule has 130 valence electrons. The fourth-order valence-corrected chi connectivity index (χ4v) is 3.44. The lowest BCUT2D eigenvalue weighted by atomic mass is 9.90. The van der Waals surface area contributed by atoms with Crippen molar-refractivity contribution >= 4 is 17.7 Å². The molecule has 0 bridgehead atoms. The Bertz CT molecular complexity index is 320. The minimum Gasteiger partial charge on any atom is -0.464 e. The first-order valence-electron chi connectivity index (χ1n) is 7.95. The van der Waals surface area contributed by atoms with E-state index in [1.165, 1.54) is 31.0 Å². The number of carbonyl (C=O) groups excluding carboxylic acids is 1. The minimum atomic E-state index is -4.08. The fourth-order valence-electron chi connectivity index (χ4n) is 2.47. The van der Waals surface area contributed by atoms with E-state index in [1.807, 2.05) is 0 Å². The van der Waals surface area contributed by atoms with Crippen molar-refractivity contribution in [2.45, 2.75) is 63.6 Å².